The fourth-order valence-corrected chi connectivity index (χ4v) is 3.60. The van der Waals surface area contributed by atoms with Crippen molar-refractivity contribution in [2.75, 3.05) is 32.8 Å². The highest BCUT2D eigenvalue weighted by molar-refractivity contribution is 5.94. The average molecular weight is 418 g/mol. The summed E-state index contributed by atoms with van der Waals surface area (Å²) in [7, 11) is 0. The van der Waals surface area contributed by atoms with Crippen LogP contribution in [0, 0.1) is 0 Å². The van der Waals surface area contributed by atoms with Gasteiger partial charge in [0.1, 0.15) is 5.75 Å². The van der Waals surface area contributed by atoms with Gasteiger partial charge in [-0.05, 0) is 43.3 Å². The van der Waals surface area contributed by atoms with E-state index in [9.17, 15) is 9.59 Å². The minimum atomic E-state index is -0.0211. The molecule has 1 saturated heterocycles. The number of carbonyl (C=O) groups excluding carboxylic acids is 2. The number of amides is 1. The van der Waals surface area contributed by atoms with E-state index in [1.165, 1.54) is 6.92 Å². The predicted octanol–water partition coefficient (Wildman–Crippen LogP) is 2.80. The number of piperazine rings is 1. The van der Waals surface area contributed by atoms with Gasteiger partial charge in [-0.15, -0.1) is 0 Å². The second-order valence-electron chi connectivity index (χ2n) is 7.65. The van der Waals surface area contributed by atoms with E-state index in [0.29, 0.717) is 24.4 Å². The number of carbonyl (C=O) groups is 2. The highest BCUT2D eigenvalue weighted by Crippen LogP contribution is 2.14. The van der Waals surface area contributed by atoms with Crippen molar-refractivity contribution in [3.63, 3.8) is 0 Å². The first-order chi connectivity index (χ1) is 15.1. The van der Waals surface area contributed by atoms with Crippen molar-refractivity contribution < 1.29 is 14.3 Å². The van der Waals surface area contributed by atoms with Crippen LogP contribution in [0.3, 0.4) is 0 Å². The number of hydrogen-bond acceptors (Lipinski definition) is 5. The molecule has 0 unspecified atom stereocenters. The number of para-hydroxylation sites is 1. The molecule has 1 aliphatic rings. The Bertz CT molecular complexity index is 1020. The summed E-state index contributed by atoms with van der Waals surface area (Å²) < 4.78 is 7.48. The minimum absolute atomic E-state index is 0.00324. The van der Waals surface area contributed by atoms with E-state index in [-0.39, 0.29) is 18.3 Å². The lowest BCUT2D eigenvalue weighted by Crippen LogP contribution is -2.49. The quantitative estimate of drug-likeness (QED) is 0.552. The summed E-state index contributed by atoms with van der Waals surface area (Å²) in [5.74, 6) is 0.576. The van der Waals surface area contributed by atoms with Crippen LogP contribution in [0.1, 0.15) is 22.8 Å². The van der Waals surface area contributed by atoms with Crippen molar-refractivity contribution in [1.82, 2.24) is 19.6 Å². The monoisotopic (exact) mass is 418 g/mol. The van der Waals surface area contributed by atoms with Gasteiger partial charge in [0.05, 0.1) is 11.9 Å². The Labute approximate surface area is 181 Å². The molecule has 3 aromatic rings. The van der Waals surface area contributed by atoms with E-state index in [2.05, 4.69) is 16.2 Å². The average Bonchev–Trinajstić information content (AvgIpc) is 3.27. The van der Waals surface area contributed by atoms with Crippen LogP contribution in [0.2, 0.25) is 0 Å². The molecule has 0 bridgehead atoms. The number of Topliss-reactive ketones (excluding diaryl/α,β-unsaturated/α-hetero) is 1. The first kappa shape index (κ1) is 20.8. The number of aromatic nitrogens is 2. The molecule has 1 amide bonds. The molecule has 1 aromatic heterocycles. The van der Waals surface area contributed by atoms with Crippen molar-refractivity contribution in [1.29, 1.82) is 0 Å². The van der Waals surface area contributed by atoms with Gasteiger partial charge in [0.25, 0.3) is 5.91 Å². The van der Waals surface area contributed by atoms with Gasteiger partial charge < -0.3 is 9.64 Å². The Morgan fingerprint density at radius 3 is 2.35 bits per heavy atom. The van der Waals surface area contributed by atoms with Gasteiger partial charge in [0, 0.05) is 50.0 Å². The van der Waals surface area contributed by atoms with Crippen molar-refractivity contribution in [3.8, 4) is 11.4 Å². The number of ketones is 1. The van der Waals surface area contributed by atoms with Gasteiger partial charge >= 0.3 is 0 Å². The maximum Gasteiger partial charge on any atom is 0.260 e. The van der Waals surface area contributed by atoms with Crippen molar-refractivity contribution in [2.45, 2.75) is 13.5 Å². The van der Waals surface area contributed by atoms with E-state index in [0.717, 1.165) is 30.9 Å². The summed E-state index contributed by atoms with van der Waals surface area (Å²) in [6, 6.07) is 16.9. The van der Waals surface area contributed by atoms with Crippen LogP contribution in [0.25, 0.3) is 5.69 Å². The Hall–Kier alpha value is -3.45. The molecule has 160 valence electrons. The molecule has 0 radical (unpaired) electrons. The van der Waals surface area contributed by atoms with Crippen LogP contribution < -0.4 is 4.74 Å². The molecule has 0 N–H and O–H groups in total. The molecule has 2 heterocycles. The van der Waals surface area contributed by atoms with Crippen molar-refractivity contribution in [3.05, 3.63) is 78.1 Å². The zero-order chi connectivity index (χ0) is 21.6. The summed E-state index contributed by atoms with van der Waals surface area (Å²) in [5, 5.41) is 4.45. The van der Waals surface area contributed by atoms with Crippen LogP contribution in [0.5, 0.6) is 5.75 Å². The molecule has 0 aliphatic carbocycles. The van der Waals surface area contributed by atoms with E-state index >= 15 is 0 Å². The second kappa shape index (κ2) is 9.57. The fraction of sp³-hybridized carbons (Fsp3) is 0.292. The largest absolute Gasteiger partial charge is 0.484 e. The van der Waals surface area contributed by atoms with Gasteiger partial charge in [0.2, 0.25) is 0 Å². The summed E-state index contributed by atoms with van der Waals surface area (Å²) in [5.41, 5.74) is 2.82. The molecule has 0 spiro atoms. The number of hydrogen-bond donors (Lipinski definition) is 0. The number of nitrogens with zero attached hydrogens (tertiary/aromatic N) is 4. The number of rotatable bonds is 7. The Morgan fingerprint density at radius 2 is 1.68 bits per heavy atom. The third-order valence-electron chi connectivity index (χ3n) is 5.41. The fourth-order valence-electron chi connectivity index (χ4n) is 3.60. The van der Waals surface area contributed by atoms with Crippen LogP contribution in [-0.2, 0) is 11.3 Å². The van der Waals surface area contributed by atoms with E-state index in [1.807, 2.05) is 46.1 Å². The lowest BCUT2D eigenvalue weighted by Gasteiger charge is -2.34. The normalized spacial score (nSPS) is 14.4. The zero-order valence-corrected chi connectivity index (χ0v) is 17.6. The summed E-state index contributed by atoms with van der Waals surface area (Å²) in [6.07, 6.45) is 3.95. The van der Waals surface area contributed by atoms with Gasteiger partial charge in [-0.2, -0.15) is 5.10 Å². The lowest BCUT2D eigenvalue weighted by atomic mass is 10.1. The van der Waals surface area contributed by atoms with Gasteiger partial charge in [-0.1, -0.05) is 18.2 Å². The molecule has 2 aromatic carbocycles. The summed E-state index contributed by atoms with van der Waals surface area (Å²) >= 11 is 0. The van der Waals surface area contributed by atoms with Gasteiger partial charge in [-0.3, -0.25) is 14.5 Å². The molecule has 31 heavy (non-hydrogen) atoms. The van der Waals surface area contributed by atoms with E-state index in [1.54, 1.807) is 24.3 Å². The summed E-state index contributed by atoms with van der Waals surface area (Å²) in [4.78, 5) is 28.0. The topological polar surface area (TPSA) is 67.7 Å². The standard InChI is InChI=1S/C24H26N4O3/c1-19(29)21-7-9-23(10-8-21)31-18-24(30)27-13-11-26(12-14-27)16-20-15-25-28(17-20)22-5-3-2-4-6-22/h2-10,15,17H,11-14,16,18H2,1H3. The molecule has 0 atom stereocenters. The first-order valence-corrected chi connectivity index (χ1v) is 10.4. The number of ether oxygens (including phenoxy) is 1. The molecule has 0 saturated carbocycles. The van der Waals surface area contributed by atoms with E-state index < -0.39 is 0 Å². The predicted molar refractivity (Wildman–Crippen MR) is 117 cm³/mol. The van der Waals surface area contributed by atoms with Crippen LogP contribution >= 0.6 is 0 Å². The van der Waals surface area contributed by atoms with E-state index in [4.69, 9.17) is 4.74 Å². The molecule has 7 nitrogen and oxygen atoms in total. The van der Waals surface area contributed by atoms with Crippen molar-refractivity contribution >= 4 is 11.7 Å². The Kier molecular flexibility index (Phi) is 6.43. The highest BCUT2D eigenvalue weighted by Gasteiger charge is 2.21. The molecular formula is C24H26N4O3. The van der Waals surface area contributed by atoms with Crippen molar-refractivity contribution in [2.24, 2.45) is 0 Å². The van der Waals surface area contributed by atoms with Gasteiger partial charge in [-0.25, -0.2) is 4.68 Å². The first-order valence-electron chi connectivity index (χ1n) is 10.4. The SMILES string of the molecule is CC(=O)c1ccc(OCC(=O)N2CCN(Cc3cnn(-c4ccccc4)c3)CC2)cc1. The molecule has 1 aliphatic heterocycles. The van der Waals surface area contributed by atoms with Crippen LogP contribution in [0.4, 0.5) is 0 Å². The third-order valence-corrected chi connectivity index (χ3v) is 5.41. The zero-order valence-electron chi connectivity index (χ0n) is 17.6. The Morgan fingerprint density at radius 1 is 0.968 bits per heavy atom. The summed E-state index contributed by atoms with van der Waals surface area (Å²) in [6.45, 7) is 5.33. The number of benzene rings is 2. The maximum atomic E-state index is 12.5. The molecule has 1 fully saturated rings. The smallest absolute Gasteiger partial charge is 0.260 e. The Balaban J connectivity index is 1.22. The molecular weight excluding hydrogens is 392 g/mol. The van der Waals surface area contributed by atoms with Crippen LogP contribution in [-0.4, -0.2) is 64.1 Å². The second-order valence-corrected chi connectivity index (χ2v) is 7.65. The maximum absolute atomic E-state index is 12.5. The van der Waals surface area contributed by atoms with Gasteiger partial charge in [0.15, 0.2) is 12.4 Å². The molecule has 4 rings (SSSR count). The van der Waals surface area contributed by atoms with Crippen LogP contribution in [0.15, 0.2) is 67.0 Å². The minimum Gasteiger partial charge on any atom is -0.484 e. The highest BCUT2D eigenvalue weighted by atomic mass is 16.5. The molecule has 7 heteroatoms. The lowest BCUT2D eigenvalue weighted by molar-refractivity contribution is -0.135. The third kappa shape index (κ3) is 5.38.